The van der Waals surface area contributed by atoms with Crippen molar-refractivity contribution in [3.05, 3.63) is 0 Å². The van der Waals surface area contributed by atoms with E-state index in [1.54, 1.807) is 0 Å². The minimum atomic E-state index is -4.11. The average Bonchev–Trinajstić information content (AvgIpc) is 2.43. The molecule has 2 unspecified atom stereocenters. The van der Waals surface area contributed by atoms with Crippen molar-refractivity contribution in [2.75, 3.05) is 6.61 Å². The Morgan fingerprint density at radius 3 is 2.20 bits per heavy atom. The summed E-state index contributed by atoms with van der Waals surface area (Å²) in [6.07, 6.45) is -4.04. The second-order valence-electron chi connectivity index (χ2n) is 3.11. The fraction of sp³-hybridized carbons (Fsp3) is 1.00. The van der Waals surface area contributed by atoms with Crippen molar-refractivity contribution in [2.24, 2.45) is 11.3 Å². The lowest BCUT2D eigenvalue weighted by atomic mass is 10.1. The Kier molecular flexibility index (Phi) is 1.47. The molecular weight excluding hydrogens is 145 g/mol. The third-order valence-electron chi connectivity index (χ3n) is 2.11. The first-order valence-corrected chi connectivity index (χ1v) is 3.08. The molecule has 1 rings (SSSR count). The van der Waals surface area contributed by atoms with Gasteiger partial charge in [0, 0.05) is 12.0 Å². The Morgan fingerprint density at radius 1 is 1.60 bits per heavy atom. The van der Waals surface area contributed by atoms with Crippen molar-refractivity contribution in [3.63, 3.8) is 0 Å². The maximum atomic E-state index is 11.8. The molecule has 0 aromatic rings. The average molecular weight is 154 g/mol. The largest absolute Gasteiger partial charge is 0.396 e. The van der Waals surface area contributed by atoms with Crippen LogP contribution in [0.4, 0.5) is 13.2 Å². The first kappa shape index (κ1) is 7.85. The van der Waals surface area contributed by atoms with E-state index in [0.717, 1.165) is 0 Å². The molecule has 0 bridgehead atoms. The molecule has 0 heterocycles. The lowest BCUT2D eigenvalue weighted by molar-refractivity contribution is -0.157. The van der Waals surface area contributed by atoms with Crippen LogP contribution in [0.1, 0.15) is 13.3 Å². The molecule has 1 aliphatic carbocycles. The highest BCUT2D eigenvalue weighted by atomic mass is 19.4. The van der Waals surface area contributed by atoms with E-state index in [9.17, 15) is 13.2 Å². The number of aliphatic hydroxyl groups is 1. The summed E-state index contributed by atoms with van der Waals surface area (Å²) in [5, 5.41) is 8.50. The molecule has 60 valence electrons. The van der Waals surface area contributed by atoms with Gasteiger partial charge >= 0.3 is 6.18 Å². The summed E-state index contributed by atoms with van der Waals surface area (Å²) in [6, 6.07) is 0. The predicted octanol–water partition coefficient (Wildman–Crippen LogP) is 1.57. The highest BCUT2D eigenvalue weighted by Gasteiger charge is 2.63. The third-order valence-corrected chi connectivity index (χ3v) is 2.11. The maximum absolute atomic E-state index is 11.8. The molecule has 0 amide bonds. The summed E-state index contributed by atoms with van der Waals surface area (Å²) >= 11 is 0. The molecule has 2 atom stereocenters. The van der Waals surface area contributed by atoms with Gasteiger partial charge in [0.2, 0.25) is 0 Å². The Hall–Kier alpha value is -0.250. The maximum Gasteiger partial charge on any atom is 0.392 e. The van der Waals surface area contributed by atoms with Crippen LogP contribution in [0.25, 0.3) is 0 Å². The van der Waals surface area contributed by atoms with Gasteiger partial charge in [-0.05, 0) is 6.42 Å². The molecule has 1 nitrogen and oxygen atoms in total. The van der Waals surface area contributed by atoms with Gasteiger partial charge in [-0.1, -0.05) is 6.92 Å². The molecule has 1 N–H and O–H groups in total. The van der Waals surface area contributed by atoms with Crippen LogP contribution in [0.3, 0.4) is 0 Å². The van der Waals surface area contributed by atoms with E-state index in [-0.39, 0.29) is 13.0 Å². The van der Waals surface area contributed by atoms with Crippen molar-refractivity contribution in [3.8, 4) is 0 Å². The van der Waals surface area contributed by atoms with E-state index in [1.807, 2.05) is 0 Å². The van der Waals surface area contributed by atoms with Crippen LogP contribution in [-0.4, -0.2) is 17.9 Å². The van der Waals surface area contributed by atoms with Gasteiger partial charge in [0.25, 0.3) is 0 Å². The summed E-state index contributed by atoms with van der Waals surface area (Å²) in [5.74, 6) is -1.27. The second-order valence-corrected chi connectivity index (χ2v) is 3.11. The van der Waals surface area contributed by atoms with Crippen LogP contribution in [0.5, 0.6) is 0 Å². The summed E-state index contributed by atoms with van der Waals surface area (Å²) < 4.78 is 35.4. The van der Waals surface area contributed by atoms with Crippen molar-refractivity contribution < 1.29 is 18.3 Å². The molecule has 4 heteroatoms. The van der Waals surface area contributed by atoms with Crippen LogP contribution in [0.2, 0.25) is 0 Å². The van der Waals surface area contributed by atoms with Crippen molar-refractivity contribution in [1.82, 2.24) is 0 Å². The fourth-order valence-corrected chi connectivity index (χ4v) is 1.09. The molecule has 10 heavy (non-hydrogen) atoms. The number of alkyl halides is 3. The summed E-state index contributed by atoms with van der Waals surface area (Å²) in [7, 11) is 0. The van der Waals surface area contributed by atoms with Crippen molar-refractivity contribution >= 4 is 0 Å². The monoisotopic (exact) mass is 154 g/mol. The minimum absolute atomic E-state index is 0.0764. The molecule has 1 saturated carbocycles. The van der Waals surface area contributed by atoms with Crippen molar-refractivity contribution in [1.29, 1.82) is 0 Å². The highest BCUT2D eigenvalue weighted by molar-refractivity contribution is 5.02. The Balaban J connectivity index is 2.52. The van der Waals surface area contributed by atoms with E-state index in [2.05, 4.69) is 0 Å². The van der Waals surface area contributed by atoms with Crippen LogP contribution in [0, 0.1) is 11.3 Å². The summed E-state index contributed by atoms with van der Waals surface area (Å²) in [5.41, 5.74) is -0.877. The third kappa shape index (κ3) is 1.12. The molecule has 1 fully saturated rings. The van der Waals surface area contributed by atoms with Gasteiger partial charge in [0.1, 0.15) is 0 Å². The van der Waals surface area contributed by atoms with Crippen LogP contribution in [-0.2, 0) is 0 Å². The van der Waals surface area contributed by atoms with Gasteiger partial charge in [-0.15, -0.1) is 0 Å². The predicted molar refractivity (Wildman–Crippen MR) is 29.4 cm³/mol. The van der Waals surface area contributed by atoms with E-state index >= 15 is 0 Å². The Labute approximate surface area is 56.8 Å². The summed E-state index contributed by atoms with van der Waals surface area (Å²) in [6.45, 7) is 1.09. The topological polar surface area (TPSA) is 20.2 Å². The van der Waals surface area contributed by atoms with Crippen LogP contribution >= 0.6 is 0 Å². The standard InChI is InChI=1S/C6H9F3O/c1-5(3-10)2-4(5)6(7,8)9/h4,10H,2-3H2,1H3. The minimum Gasteiger partial charge on any atom is -0.396 e. The van der Waals surface area contributed by atoms with Crippen LogP contribution in [0.15, 0.2) is 0 Å². The van der Waals surface area contributed by atoms with E-state index in [0.29, 0.717) is 0 Å². The Morgan fingerprint density at radius 2 is 2.10 bits per heavy atom. The lowest BCUT2D eigenvalue weighted by Gasteiger charge is -2.09. The second kappa shape index (κ2) is 1.87. The first-order chi connectivity index (χ1) is 4.40. The zero-order chi connectivity index (χ0) is 7.99. The van der Waals surface area contributed by atoms with Gasteiger partial charge in [0.15, 0.2) is 0 Å². The highest BCUT2D eigenvalue weighted by Crippen LogP contribution is 2.59. The van der Waals surface area contributed by atoms with Gasteiger partial charge in [-0.2, -0.15) is 13.2 Å². The smallest absolute Gasteiger partial charge is 0.392 e. The van der Waals surface area contributed by atoms with Crippen molar-refractivity contribution in [2.45, 2.75) is 19.5 Å². The lowest BCUT2D eigenvalue weighted by Crippen LogP contribution is -2.18. The van der Waals surface area contributed by atoms with E-state index in [1.165, 1.54) is 6.92 Å². The number of hydrogen-bond donors (Lipinski definition) is 1. The number of halogens is 3. The zero-order valence-electron chi connectivity index (χ0n) is 5.57. The molecule has 0 spiro atoms. The molecular formula is C6H9F3O. The first-order valence-electron chi connectivity index (χ1n) is 3.08. The summed E-state index contributed by atoms with van der Waals surface area (Å²) in [4.78, 5) is 0. The quantitative estimate of drug-likeness (QED) is 0.607. The fourth-order valence-electron chi connectivity index (χ4n) is 1.09. The molecule has 1 aliphatic rings. The van der Waals surface area contributed by atoms with Gasteiger partial charge in [-0.3, -0.25) is 0 Å². The number of aliphatic hydroxyl groups excluding tert-OH is 1. The molecule has 0 aromatic carbocycles. The SMILES string of the molecule is CC1(CO)CC1C(F)(F)F. The normalized spacial score (nSPS) is 39.9. The molecule has 0 aromatic heterocycles. The molecule has 0 saturated heterocycles. The number of rotatable bonds is 1. The van der Waals surface area contributed by atoms with Crippen LogP contribution < -0.4 is 0 Å². The van der Waals surface area contributed by atoms with Gasteiger partial charge < -0.3 is 5.11 Å². The Bertz CT molecular complexity index is 142. The number of hydrogen-bond acceptors (Lipinski definition) is 1. The molecule has 0 radical (unpaired) electrons. The van der Waals surface area contributed by atoms with E-state index in [4.69, 9.17) is 5.11 Å². The molecule has 0 aliphatic heterocycles. The van der Waals surface area contributed by atoms with Gasteiger partial charge in [-0.25, -0.2) is 0 Å². The van der Waals surface area contributed by atoms with Gasteiger partial charge in [0.05, 0.1) is 5.92 Å². The van der Waals surface area contributed by atoms with E-state index < -0.39 is 17.5 Å². The zero-order valence-corrected chi connectivity index (χ0v) is 5.57.